The molecule has 2 N–H and O–H groups in total. The molecule has 0 bridgehead atoms. The third-order valence-electron chi connectivity index (χ3n) is 1.89. The largest absolute Gasteiger partial charge is 0.330 e. The van der Waals surface area contributed by atoms with E-state index in [2.05, 4.69) is 9.97 Å². The van der Waals surface area contributed by atoms with Crippen LogP contribution in [0.4, 0.5) is 0 Å². The van der Waals surface area contributed by atoms with Gasteiger partial charge in [0.15, 0.2) is 0 Å². The van der Waals surface area contributed by atoms with Crippen LogP contribution in [0.5, 0.6) is 0 Å². The van der Waals surface area contributed by atoms with Crippen LogP contribution in [0, 0.1) is 6.92 Å². The number of nitrogens with zero attached hydrogens (tertiary/aromatic N) is 3. The molecule has 2 aromatic heterocycles. The zero-order chi connectivity index (χ0) is 9.26. The number of hydrogen-bond donors (Lipinski definition) is 1. The molecule has 0 saturated heterocycles. The van der Waals surface area contributed by atoms with Crippen LogP contribution in [-0.2, 0) is 6.42 Å². The van der Waals surface area contributed by atoms with E-state index in [1.54, 1.807) is 0 Å². The average molecular weight is 176 g/mol. The van der Waals surface area contributed by atoms with Crippen LogP contribution in [0.15, 0.2) is 18.6 Å². The average Bonchev–Trinajstić information content (AvgIpc) is 2.46. The second kappa shape index (κ2) is 3.14. The summed E-state index contributed by atoms with van der Waals surface area (Å²) in [5.74, 6) is 0.744. The van der Waals surface area contributed by atoms with Crippen LogP contribution in [0.1, 0.15) is 11.3 Å². The minimum absolute atomic E-state index is 0.628. The first-order valence-corrected chi connectivity index (χ1v) is 4.30. The molecule has 0 aliphatic carbocycles. The number of fused-ring (bicyclic) bond motifs is 1. The van der Waals surface area contributed by atoms with Crippen LogP contribution in [0.25, 0.3) is 5.78 Å². The Morgan fingerprint density at radius 3 is 3.08 bits per heavy atom. The zero-order valence-electron chi connectivity index (χ0n) is 7.57. The number of rotatable bonds is 2. The second-order valence-electron chi connectivity index (χ2n) is 3.11. The van der Waals surface area contributed by atoms with Crippen LogP contribution >= 0.6 is 0 Å². The molecule has 0 fully saturated rings. The molecule has 0 aromatic carbocycles. The Morgan fingerprint density at radius 2 is 2.31 bits per heavy atom. The number of aryl methyl sites for hydroxylation is 1. The highest BCUT2D eigenvalue weighted by Gasteiger charge is 2.00. The van der Waals surface area contributed by atoms with Gasteiger partial charge in [-0.3, -0.25) is 4.40 Å². The van der Waals surface area contributed by atoms with E-state index in [1.807, 2.05) is 29.9 Å². The van der Waals surface area contributed by atoms with E-state index in [9.17, 15) is 0 Å². The topological polar surface area (TPSA) is 56.2 Å². The van der Waals surface area contributed by atoms with E-state index in [-0.39, 0.29) is 0 Å². The van der Waals surface area contributed by atoms with Gasteiger partial charge in [0.25, 0.3) is 0 Å². The summed E-state index contributed by atoms with van der Waals surface area (Å²) in [5.41, 5.74) is 7.57. The van der Waals surface area contributed by atoms with Crippen molar-refractivity contribution in [3.8, 4) is 0 Å². The predicted molar refractivity (Wildman–Crippen MR) is 50.5 cm³/mol. The summed E-state index contributed by atoms with van der Waals surface area (Å²) in [7, 11) is 0. The Hall–Kier alpha value is -1.42. The molecule has 0 unspecified atom stereocenters. The lowest BCUT2D eigenvalue weighted by atomic mass is 10.3. The maximum Gasteiger partial charge on any atom is 0.233 e. The Labute approximate surface area is 76.4 Å². The first-order chi connectivity index (χ1) is 6.29. The molecule has 4 heteroatoms. The molecule has 0 spiro atoms. The van der Waals surface area contributed by atoms with Gasteiger partial charge in [-0.25, -0.2) is 9.97 Å². The van der Waals surface area contributed by atoms with Crippen molar-refractivity contribution in [2.75, 3.05) is 6.54 Å². The first kappa shape index (κ1) is 8.19. The fourth-order valence-corrected chi connectivity index (χ4v) is 1.30. The molecule has 2 aromatic rings. The van der Waals surface area contributed by atoms with E-state index in [0.29, 0.717) is 6.54 Å². The molecular formula is C9H12N4. The molecule has 4 nitrogen and oxygen atoms in total. The maximum absolute atomic E-state index is 5.44. The van der Waals surface area contributed by atoms with Crippen molar-refractivity contribution >= 4 is 5.78 Å². The summed E-state index contributed by atoms with van der Waals surface area (Å²) in [6.07, 6.45) is 6.61. The van der Waals surface area contributed by atoms with Gasteiger partial charge in [0, 0.05) is 25.0 Å². The van der Waals surface area contributed by atoms with Crippen LogP contribution < -0.4 is 5.73 Å². The maximum atomic E-state index is 5.44. The summed E-state index contributed by atoms with van der Waals surface area (Å²) in [5, 5.41) is 0. The fraction of sp³-hybridized carbons (Fsp3) is 0.333. The van der Waals surface area contributed by atoms with Crippen molar-refractivity contribution in [3.05, 3.63) is 29.8 Å². The third kappa shape index (κ3) is 1.53. The summed E-state index contributed by atoms with van der Waals surface area (Å²) in [6.45, 7) is 2.64. The van der Waals surface area contributed by atoms with E-state index < -0.39 is 0 Å². The molecule has 0 aliphatic heterocycles. The molecule has 0 amide bonds. The Kier molecular flexibility index (Phi) is 1.98. The predicted octanol–water partition coefficient (Wildman–Crippen LogP) is 0.539. The molecule has 2 heterocycles. The van der Waals surface area contributed by atoms with Crippen molar-refractivity contribution in [1.82, 2.24) is 14.4 Å². The van der Waals surface area contributed by atoms with E-state index in [1.165, 1.54) is 0 Å². The lowest BCUT2D eigenvalue weighted by molar-refractivity contribution is 0.936. The highest BCUT2D eigenvalue weighted by Crippen LogP contribution is 2.03. The van der Waals surface area contributed by atoms with Crippen LogP contribution in [-0.4, -0.2) is 20.9 Å². The second-order valence-corrected chi connectivity index (χ2v) is 3.11. The molecule has 0 aliphatic rings. The summed E-state index contributed by atoms with van der Waals surface area (Å²) in [6, 6.07) is 0. The molecule has 0 radical (unpaired) electrons. The normalized spacial score (nSPS) is 10.9. The smallest absolute Gasteiger partial charge is 0.233 e. The standard InChI is InChI=1S/C9H12N4/c1-7-4-11-9-12-8(2-3-10)6-13(9)5-7/h4-6H,2-3,10H2,1H3. The summed E-state index contributed by atoms with van der Waals surface area (Å²) >= 11 is 0. The quantitative estimate of drug-likeness (QED) is 0.726. The highest BCUT2D eigenvalue weighted by molar-refractivity contribution is 5.31. The van der Waals surface area contributed by atoms with E-state index in [4.69, 9.17) is 5.73 Å². The van der Waals surface area contributed by atoms with Crippen LogP contribution in [0.2, 0.25) is 0 Å². The SMILES string of the molecule is Cc1cnc2nc(CCN)cn2c1. The molecule has 2 rings (SSSR count). The van der Waals surface area contributed by atoms with Gasteiger partial charge in [0.2, 0.25) is 5.78 Å². The zero-order valence-corrected chi connectivity index (χ0v) is 7.57. The van der Waals surface area contributed by atoms with Gasteiger partial charge in [0.05, 0.1) is 5.69 Å². The summed E-state index contributed by atoms with van der Waals surface area (Å²) in [4.78, 5) is 8.51. The number of nitrogens with two attached hydrogens (primary N) is 1. The fourth-order valence-electron chi connectivity index (χ4n) is 1.30. The monoisotopic (exact) mass is 176 g/mol. The Bertz CT molecular complexity index is 418. The Balaban J connectivity index is 2.49. The number of imidazole rings is 1. The van der Waals surface area contributed by atoms with Gasteiger partial charge >= 0.3 is 0 Å². The van der Waals surface area contributed by atoms with Gasteiger partial charge < -0.3 is 5.73 Å². The minimum Gasteiger partial charge on any atom is -0.330 e. The molecule has 0 atom stereocenters. The third-order valence-corrected chi connectivity index (χ3v) is 1.89. The summed E-state index contributed by atoms with van der Waals surface area (Å²) < 4.78 is 1.93. The van der Waals surface area contributed by atoms with Crippen LogP contribution in [0.3, 0.4) is 0 Å². The number of hydrogen-bond acceptors (Lipinski definition) is 3. The minimum atomic E-state index is 0.628. The van der Waals surface area contributed by atoms with Crippen molar-refractivity contribution < 1.29 is 0 Å². The Morgan fingerprint density at radius 1 is 1.46 bits per heavy atom. The number of aromatic nitrogens is 3. The first-order valence-electron chi connectivity index (χ1n) is 4.30. The highest BCUT2D eigenvalue weighted by atomic mass is 15.1. The van der Waals surface area contributed by atoms with Crippen molar-refractivity contribution in [2.24, 2.45) is 5.73 Å². The lowest BCUT2D eigenvalue weighted by Gasteiger charge is -1.91. The van der Waals surface area contributed by atoms with Gasteiger partial charge in [-0.2, -0.15) is 0 Å². The van der Waals surface area contributed by atoms with E-state index in [0.717, 1.165) is 23.5 Å². The van der Waals surface area contributed by atoms with Crippen molar-refractivity contribution in [1.29, 1.82) is 0 Å². The lowest BCUT2D eigenvalue weighted by Crippen LogP contribution is -2.02. The molecular weight excluding hydrogens is 164 g/mol. The van der Waals surface area contributed by atoms with Gasteiger partial charge in [-0.15, -0.1) is 0 Å². The van der Waals surface area contributed by atoms with Gasteiger partial charge in [-0.05, 0) is 19.0 Å². The molecule has 13 heavy (non-hydrogen) atoms. The molecule has 68 valence electrons. The van der Waals surface area contributed by atoms with Crippen molar-refractivity contribution in [3.63, 3.8) is 0 Å². The molecule has 0 saturated carbocycles. The van der Waals surface area contributed by atoms with Gasteiger partial charge in [0.1, 0.15) is 0 Å². The van der Waals surface area contributed by atoms with Crippen molar-refractivity contribution in [2.45, 2.75) is 13.3 Å². The van der Waals surface area contributed by atoms with Gasteiger partial charge in [-0.1, -0.05) is 0 Å². The van der Waals surface area contributed by atoms with E-state index >= 15 is 0 Å².